The van der Waals surface area contributed by atoms with Crippen molar-refractivity contribution in [1.82, 2.24) is 15.3 Å². The molecule has 0 aromatic carbocycles. The number of hydrogen-bond acceptors (Lipinski definition) is 5. The van der Waals surface area contributed by atoms with E-state index in [1.165, 1.54) is 43.9 Å². The summed E-state index contributed by atoms with van der Waals surface area (Å²) in [6, 6.07) is 4.37. The molecule has 2 aromatic rings. The molecule has 0 unspecified atom stereocenters. The maximum atomic E-state index is 13.2. The summed E-state index contributed by atoms with van der Waals surface area (Å²) in [6.07, 6.45) is 8.64. The largest absolute Gasteiger partial charge is 0.349 e. The van der Waals surface area contributed by atoms with E-state index in [-0.39, 0.29) is 5.91 Å². The highest BCUT2D eigenvalue weighted by Crippen LogP contribution is 2.53. The van der Waals surface area contributed by atoms with Gasteiger partial charge in [0.2, 0.25) is 0 Å². The third-order valence-corrected chi connectivity index (χ3v) is 8.29. The van der Waals surface area contributed by atoms with Gasteiger partial charge in [-0.15, -0.1) is 23.1 Å². The topological polar surface area (TPSA) is 54.9 Å². The molecule has 0 spiro atoms. The Morgan fingerprint density at radius 3 is 2.44 bits per heavy atom. The lowest BCUT2D eigenvalue weighted by Gasteiger charge is -2.54. The maximum absolute atomic E-state index is 13.2. The molecule has 6 rings (SSSR count). The number of carbonyl (C=O) groups excluding carboxylic acids is 1. The maximum Gasteiger partial charge on any atom is 0.256 e. The second kappa shape index (κ2) is 6.89. The van der Waals surface area contributed by atoms with Gasteiger partial charge in [-0.05, 0) is 80.4 Å². The van der Waals surface area contributed by atoms with Gasteiger partial charge in [-0.2, -0.15) is 0 Å². The van der Waals surface area contributed by atoms with E-state index in [1.807, 2.05) is 30.7 Å². The van der Waals surface area contributed by atoms with Gasteiger partial charge in [-0.25, -0.2) is 9.97 Å². The lowest BCUT2D eigenvalue weighted by molar-refractivity contribution is -0.0120. The Bertz CT molecular complexity index is 837. The van der Waals surface area contributed by atoms with Gasteiger partial charge in [0.15, 0.2) is 5.82 Å². The fraction of sp³-hybridized carbons (Fsp3) is 0.571. The summed E-state index contributed by atoms with van der Waals surface area (Å²) in [5.74, 6) is 3.92. The standard InChI is InChI=1S/C21H25N3OS2/c1-11-17(21(26-2)24-19(22-11)16-4-3-5-27-16)20(25)23-18-14-7-12-6-13(9-14)10-15(18)8-12/h3-5,12-15,18H,6-10H2,1-2H3,(H,23,25). The van der Waals surface area contributed by atoms with Crippen LogP contribution < -0.4 is 5.32 Å². The third-order valence-electron chi connectivity index (χ3n) is 6.74. The molecule has 0 radical (unpaired) electrons. The molecule has 4 saturated carbocycles. The fourth-order valence-electron chi connectivity index (χ4n) is 5.86. The minimum absolute atomic E-state index is 0.0204. The van der Waals surface area contributed by atoms with Crippen LogP contribution in [0.5, 0.6) is 0 Å². The van der Waals surface area contributed by atoms with Gasteiger partial charge in [0.25, 0.3) is 5.91 Å². The molecule has 142 valence electrons. The predicted molar refractivity (Wildman–Crippen MR) is 110 cm³/mol. The first-order valence-electron chi connectivity index (χ1n) is 9.89. The molecule has 2 heterocycles. The Morgan fingerprint density at radius 2 is 1.85 bits per heavy atom. The van der Waals surface area contributed by atoms with Crippen LogP contribution in [0.2, 0.25) is 0 Å². The van der Waals surface area contributed by atoms with Crippen molar-refractivity contribution in [3.05, 3.63) is 28.8 Å². The SMILES string of the molecule is CSc1nc(-c2cccs2)nc(C)c1C(=O)NC1C2CC3CC(C2)CC1C3. The van der Waals surface area contributed by atoms with E-state index < -0.39 is 0 Å². The Hall–Kier alpha value is -1.40. The molecule has 0 atom stereocenters. The monoisotopic (exact) mass is 399 g/mol. The summed E-state index contributed by atoms with van der Waals surface area (Å²) in [6.45, 7) is 1.93. The van der Waals surface area contributed by atoms with Crippen LogP contribution in [-0.4, -0.2) is 28.2 Å². The highest BCUT2D eigenvalue weighted by atomic mass is 32.2. The predicted octanol–water partition coefficient (Wildman–Crippen LogP) is 4.79. The number of amides is 1. The van der Waals surface area contributed by atoms with E-state index >= 15 is 0 Å². The van der Waals surface area contributed by atoms with Gasteiger partial charge in [-0.1, -0.05) is 6.07 Å². The Kier molecular flexibility index (Phi) is 4.51. The van der Waals surface area contributed by atoms with E-state index in [9.17, 15) is 4.79 Å². The molecule has 0 saturated heterocycles. The van der Waals surface area contributed by atoms with E-state index in [4.69, 9.17) is 4.98 Å². The van der Waals surface area contributed by atoms with Crippen molar-refractivity contribution in [3.63, 3.8) is 0 Å². The molecule has 27 heavy (non-hydrogen) atoms. The van der Waals surface area contributed by atoms with E-state index in [0.29, 0.717) is 23.4 Å². The highest BCUT2D eigenvalue weighted by molar-refractivity contribution is 7.98. The molecule has 2 aromatic heterocycles. The minimum Gasteiger partial charge on any atom is -0.349 e. The Labute approximate surface area is 168 Å². The quantitative estimate of drug-likeness (QED) is 0.593. The van der Waals surface area contributed by atoms with E-state index in [0.717, 1.165) is 33.3 Å². The summed E-state index contributed by atoms with van der Waals surface area (Å²) in [4.78, 5) is 23.6. The van der Waals surface area contributed by atoms with Crippen molar-refractivity contribution >= 4 is 29.0 Å². The van der Waals surface area contributed by atoms with Crippen molar-refractivity contribution in [2.45, 2.75) is 50.1 Å². The number of rotatable bonds is 4. The number of aromatic nitrogens is 2. The van der Waals surface area contributed by atoms with Gasteiger partial charge in [-0.3, -0.25) is 4.79 Å². The molecule has 4 aliphatic rings. The van der Waals surface area contributed by atoms with Crippen LogP contribution >= 0.6 is 23.1 Å². The first kappa shape index (κ1) is 17.7. The average Bonchev–Trinajstić information content (AvgIpc) is 3.18. The number of thiophene rings is 1. The number of nitrogens with one attached hydrogen (secondary N) is 1. The molecular formula is C21H25N3OS2. The molecule has 4 aliphatic carbocycles. The van der Waals surface area contributed by atoms with Crippen LogP contribution in [0.1, 0.15) is 48.2 Å². The molecule has 4 nitrogen and oxygen atoms in total. The minimum atomic E-state index is 0.0204. The van der Waals surface area contributed by atoms with Gasteiger partial charge in [0.1, 0.15) is 5.03 Å². The fourth-order valence-corrected chi connectivity index (χ4v) is 7.14. The zero-order valence-electron chi connectivity index (χ0n) is 15.8. The average molecular weight is 400 g/mol. The second-order valence-corrected chi connectivity index (χ2v) is 10.2. The molecular weight excluding hydrogens is 374 g/mol. The molecule has 6 heteroatoms. The summed E-state index contributed by atoms with van der Waals surface area (Å²) >= 11 is 3.16. The number of nitrogens with zero attached hydrogens (tertiary/aromatic N) is 2. The van der Waals surface area contributed by atoms with Crippen molar-refractivity contribution in [3.8, 4) is 10.7 Å². The number of hydrogen-bond donors (Lipinski definition) is 1. The third kappa shape index (κ3) is 3.11. The van der Waals surface area contributed by atoms with E-state index in [2.05, 4.69) is 10.3 Å². The molecule has 4 bridgehead atoms. The van der Waals surface area contributed by atoms with Gasteiger partial charge in [0, 0.05) is 6.04 Å². The highest BCUT2D eigenvalue weighted by Gasteiger charge is 2.48. The Morgan fingerprint density at radius 1 is 1.15 bits per heavy atom. The summed E-state index contributed by atoms with van der Waals surface area (Å²) in [7, 11) is 0. The van der Waals surface area contributed by atoms with Crippen LogP contribution in [0.25, 0.3) is 10.7 Å². The van der Waals surface area contributed by atoms with E-state index in [1.54, 1.807) is 11.3 Å². The first-order valence-corrected chi connectivity index (χ1v) is 12.0. The normalized spacial score (nSPS) is 31.3. The number of carbonyl (C=O) groups is 1. The van der Waals surface area contributed by atoms with Crippen molar-refractivity contribution < 1.29 is 4.79 Å². The molecule has 1 N–H and O–H groups in total. The first-order chi connectivity index (χ1) is 13.1. The van der Waals surface area contributed by atoms with Gasteiger partial charge >= 0.3 is 0 Å². The molecule has 0 aliphatic heterocycles. The summed E-state index contributed by atoms with van der Waals surface area (Å²) in [5, 5.41) is 6.23. The lowest BCUT2D eigenvalue weighted by atomic mass is 9.54. The molecule has 4 fully saturated rings. The Balaban J connectivity index is 1.41. The van der Waals surface area contributed by atoms with Crippen LogP contribution in [0, 0.1) is 30.6 Å². The van der Waals surface area contributed by atoms with Crippen molar-refractivity contribution in [1.29, 1.82) is 0 Å². The van der Waals surface area contributed by atoms with Crippen LogP contribution in [0.4, 0.5) is 0 Å². The van der Waals surface area contributed by atoms with Gasteiger partial charge < -0.3 is 5.32 Å². The second-order valence-electron chi connectivity index (χ2n) is 8.42. The summed E-state index contributed by atoms with van der Waals surface area (Å²) in [5.41, 5.74) is 1.44. The zero-order chi connectivity index (χ0) is 18.5. The van der Waals surface area contributed by atoms with Crippen LogP contribution in [0.15, 0.2) is 22.5 Å². The van der Waals surface area contributed by atoms with Crippen LogP contribution in [-0.2, 0) is 0 Å². The summed E-state index contributed by atoms with van der Waals surface area (Å²) < 4.78 is 0. The van der Waals surface area contributed by atoms with Crippen molar-refractivity contribution in [2.24, 2.45) is 23.7 Å². The van der Waals surface area contributed by atoms with Crippen LogP contribution in [0.3, 0.4) is 0 Å². The zero-order valence-corrected chi connectivity index (χ0v) is 17.4. The number of thioether (sulfide) groups is 1. The number of aryl methyl sites for hydroxylation is 1. The molecule has 1 amide bonds. The van der Waals surface area contributed by atoms with Crippen molar-refractivity contribution in [2.75, 3.05) is 6.26 Å². The lowest BCUT2D eigenvalue weighted by Crippen LogP contribution is -2.56. The smallest absolute Gasteiger partial charge is 0.256 e. The van der Waals surface area contributed by atoms with Gasteiger partial charge in [0.05, 0.1) is 16.1 Å².